The summed E-state index contributed by atoms with van der Waals surface area (Å²) >= 11 is 0. The van der Waals surface area contributed by atoms with Crippen LogP contribution in [-0.4, -0.2) is 58.9 Å². The van der Waals surface area contributed by atoms with Gasteiger partial charge in [0.25, 0.3) is 0 Å². The number of hydrogen-bond donors (Lipinski definition) is 0. The second-order valence-electron chi connectivity index (χ2n) is 4.83. The van der Waals surface area contributed by atoms with Crippen LogP contribution >= 0.6 is 0 Å². The molecule has 0 fully saturated rings. The predicted octanol–water partition coefficient (Wildman–Crippen LogP) is 6.25. The van der Waals surface area contributed by atoms with E-state index in [-0.39, 0.29) is 5.48 Å². The molecule has 0 heterocycles. The van der Waals surface area contributed by atoms with E-state index in [0.29, 0.717) is 0 Å². The third kappa shape index (κ3) is 3.47. The molecular formula is C8HF20NO. The first-order chi connectivity index (χ1) is 12.0. The summed E-state index contributed by atoms with van der Waals surface area (Å²) in [6.07, 6.45) is -34.6. The summed E-state index contributed by atoms with van der Waals surface area (Å²) in [4.78, 5) is 0. The molecule has 0 atom stereocenters. The molecule has 22 heteroatoms. The van der Waals surface area contributed by atoms with Crippen LogP contribution in [0.15, 0.2) is 0 Å². The minimum atomic E-state index is -9.40. The highest BCUT2D eigenvalue weighted by atomic mass is 19.5. The number of halogens is 20. The Morgan fingerprint density at radius 1 is 0.267 bits per heavy atom. The smallest absolute Gasteiger partial charge is 0.515 e. The molecule has 0 rings (SSSR count). The molecule has 0 radical (unpaired) electrons. The molecule has 30 heavy (non-hydrogen) atoms. The monoisotopic (exact) mass is 507 g/mol. The Morgan fingerprint density at radius 3 is 0.433 bits per heavy atom. The standard InChI is InChI=1S/C8F20N.H2O/c9-1(10,11)5(21,22)29(6(23,24)2(12,13)14,7(25,26)3(15,16)17)8(27,28)4(18,19)20;/h;1H2/q+1;/p-1. The average molecular weight is 507 g/mol. The van der Waals surface area contributed by atoms with Crippen LogP contribution in [0, 0.1) is 0 Å². The van der Waals surface area contributed by atoms with E-state index in [9.17, 15) is 87.8 Å². The molecule has 0 saturated carbocycles. The molecule has 0 bridgehead atoms. The van der Waals surface area contributed by atoms with Crippen LogP contribution in [0.3, 0.4) is 0 Å². The van der Waals surface area contributed by atoms with Gasteiger partial charge in [0.05, 0.1) is 0 Å². The van der Waals surface area contributed by atoms with Gasteiger partial charge in [0, 0.05) is 0 Å². The molecule has 0 saturated heterocycles. The first-order valence-electron chi connectivity index (χ1n) is 5.67. The Bertz CT molecular complexity index is 493. The largest absolute Gasteiger partial charge is 0.870 e. The topological polar surface area (TPSA) is 30.0 Å². The van der Waals surface area contributed by atoms with Crippen LogP contribution in [0.25, 0.3) is 0 Å². The summed E-state index contributed by atoms with van der Waals surface area (Å²) in [5.41, 5.74) is 0. The fraction of sp³-hybridized carbons (Fsp3) is 1.00. The Labute approximate surface area is 148 Å². The summed E-state index contributed by atoms with van der Waals surface area (Å²) in [7, 11) is 0. The van der Waals surface area contributed by atoms with Crippen LogP contribution < -0.4 is 0 Å². The molecule has 0 aromatic heterocycles. The highest BCUT2D eigenvalue weighted by Gasteiger charge is 3.06. The van der Waals surface area contributed by atoms with Crippen molar-refractivity contribution in [2.24, 2.45) is 0 Å². The van der Waals surface area contributed by atoms with Gasteiger partial charge in [-0.15, -0.1) is 35.1 Å². The lowest BCUT2D eigenvalue weighted by atomic mass is 10.1. The summed E-state index contributed by atoms with van der Waals surface area (Å²) in [6, 6.07) is -37.6. The number of nitrogens with zero attached hydrogens (tertiary/aromatic N) is 1. The molecule has 0 aromatic carbocycles. The maximum atomic E-state index is 13.2. The van der Waals surface area contributed by atoms with Crippen molar-refractivity contribution in [3.63, 3.8) is 0 Å². The fourth-order valence-corrected chi connectivity index (χ4v) is 1.82. The lowest BCUT2D eigenvalue weighted by Gasteiger charge is -2.52. The Hall–Kier alpha value is -1.48. The van der Waals surface area contributed by atoms with Gasteiger partial charge in [0.15, 0.2) is 0 Å². The molecule has 1 N–H and O–H groups in total. The molecule has 0 unspecified atom stereocenters. The van der Waals surface area contributed by atoms with E-state index in [1.807, 2.05) is 0 Å². The third-order valence-electron chi connectivity index (χ3n) is 3.05. The van der Waals surface area contributed by atoms with Crippen molar-refractivity contribution >= 4 is 0 Å². The number of rotatable bonds is 4. The van der Waals surface area contributed by atoms with Crippen molar-refractivity contribution in [1.29, 1.82) is 0 Å². The van der Waals surface area contributed by atoms with Gasteiger partial charge in [-0.2, -0.15) is 52.7 Å². The Morgan fingerprint density at radius 2 is 0.367 bits per heavy atom. The van der Waals surface area contributed by atoms with Crippen molar-refractivity contribution in [1.82, 2.24) is 0 Å². The van der Waals surface area contributed by atoms with Gasteiger partial charge < -0.3 is 5.48 Å². The van der Waals surface area contributed by atoms with Crippen LogP contribution in [-0.2, 0) is 0 Å². The summed E-state index contributed by atoms with van der Waals surface area (Å²) in [5.74, 6) is 0. The van der Waals surface area contributed by atoms with E-state index >= 15 is 0 Å². The minimum absolute atomic E-state index is 0. The van der Waals surface area contributed by atoms with E-state index in [1.165, 1.54) is 0 Å². The van der Waals surface area contributed by atoms with Crippen LogP contribution in [0.4, 0.5) is 87.8 Å². The number of alkyl halides is 20. The first-order valence-corrected chi connectivity index (χ1v) is 5.67. The lowest BCUT2D eigenvalue weighted by molar-refractivity contribution is -1.21. The van der Waals surface area contributed by atoms with Crippen molar-refractivity contribution in [2.45, 2.75) is 48.9 Å². The highest BCUT2D eigenvalue weighted by molar-refractivity contribution is 4.89. The molecule has 184 valence electrons. The normalized spacial score (nSPS) is 16.4. The lowest BCUT2D eigenvalue weighted by Crippen LogP contribution is -2.91. The summed E-state index contributed by atoms with van der Waals surface area (Å²) in [5, 5.41) is 0. The van der Waals surface area contributed by atoms with Crippen molar-refractivity contribution in [3.8, 4) is 0 Å². The zero-order valence-corrected chi connectivity index (χ0v) is 12.5. The molecule has 0 spiro atoms. The van der Waals surface area contributed by atoms with Crippen molar-refractivity contribution in [3.05, 3.63) is 0 Å². The Balaban J connectivity index is 0. The zero-order chi connectivity index (χ0) is 24.5. The van der Waals surface area contributed by atoms with Gasteiger partial charge in [-0.1, -0.05) is 0 Å². The molecule has 0 aromatic rings. The minimum Gasteiger partial charge on any atom is -0.870 e. The van der Waals surface area contributed by atoms with Gasteiger partial charge in [-0.3, -0.25) is 0 Å². The second kappa shape index (κ2) is 7.02. The third-order valence-corrected chi connectivity index (χ3v) is 3.05. The van der Waals surface area contributed by atoms with Gasteiger partial charge in [0.2, 0.25) is 0 Å². The van der Waals surface area contributed by atoms with Crippen LogP contribution in [0.2, 0.25) is 0 Å². The maximum Gasteiger partial charge on any atom is 0.515 e. The van der Waals surface area contributed by atoms with E-state index in [2.05, 4.69) is 0 Å². The first kappa shape index (κ1) is 30.7. The summed E-state index contributed by atoms with van der Waals surface area (Å²) < 4.78 is 244. The van der Waals surface area contributed by atoms with E-state index in [0.717, 1.165) is 0 Å². The molecule has 0 aliphatic carbocycles. The van der Waals surface area contributed by atoms with Gasteiger partial charge >= 0.3 is 48.9 Å². The van der Waals surface area contributed by atoms with Crippen LogP contribution in [0.1, 0.15) is 0 Å². The SMILES string of the molecule is FC(F)(F)C(F)(F)[N+](C(F)(F)C(F)(F)F)(C(F)(F)C(F)(F)F)C(F)(F)C(F)(F)F.[OH-]. The van der Waals surface area contributed by atoms with E-state index in [4.69, 9.17) is 0 Å². The van der Waals surface area contributed by atoms with E-state index in [1.54, 1.807) is 0 Å². The summed E-state index contributed by atoms with van der Waals surface area (Å²) in [6.45, 7) is 0. The molecule has 2 nitrogen and oxygen atoms in total. The maximum absolute atomic E-state index is 13.2. The highest BCUT2D eigenvalue weighted by Crippen LogP contribution is 2.69. The van der Waals surface area contributed by atoms with Crippen molar-refractivity contribution in [2.75, 3.05) is 0 Å². The zero-order valence-electron chi connectivity index (χ0n) is 12.5. The van der Waals surface area contributed by atoms with Crippen molar-refractivity contribution < 1.29 is 97.8 Å². The fourth-order valence-electron chi connectivity index (χ4n) is 1.82. The average Bonchev–Trinajstić information content (AvgIpc) is 2.31. The molecular weight excluding hydrogens is 506 g/mol. The predicted molar refractivity (Wildman–Crippen MR) is 46.2 cm³/mol. The van der Waals surface area contributed by atoms with Crippen LogP contribution in [0.5, 0.6) is 0 Å². The molecule has 0 amide bonds. The quantitative estimate of drug-likeness (QED) is 0.252. The number of hydrogen-bond acceptors (Lipinski definition) is 1. The number of quaternary nitrogens is 1. The van der Waals surface area contributed by atoms with E-state index < -0.39 is 53.4 Å². The van der Waals surface area contributed by atoms with Gasteiger partial charge in [0.1, 0.15) is 0 Å². The van der Waals surface area contributed by atoms with Gasteiger partial charge in [-0.25, -0.2) is 0 Å². The molecule has 0 aliphatic heterocycles. The second-order valence-corrected chi connectivity index (χ2v) is 4.83. The molecule has 0 aliphatic rings. The Kier molecular flexibility index (Phi) is 7.18. The van der Waals surface area contributed by atoms with Gasteiger partial charge in [-0.05, 0) is 4.48 Å².